The molecule has 2 aliphatic heterocycles. The van der Waals surface area contributed by atoms with Gasteiger partial charge in [0.2, 0.25) is 0 Å². The third-order valence-electron chi connectivity index (χ3n) is 4.29. The number of benzene rings is 1. The molecule has 0 aromatic heterocycles. The summed E-state index contributed by atoms with van der Waals surface area (Å²) in [5.74, 6) is 0.145. The van der Waals surface area contributed by atoms with E-state index in [-0.39, 0.29) is 11.9 Å². The lowest BCUT2D eigenvalue weighted by molar-refractivity contribution is -0.290. The Morgan fingerprint density at radius 2 is 2.05 bits per heavy atom. The highest BCUT2D eigenvalue weighted by Gasteiger charge is 2.43. The summed E-state index contributed by atoms with van der Waals surface area (Å²) in [6.07, 6.45) is 7.39. The fraction of sp³-hybridized carbons (Fsp3) is 0.529. The zero-order chi connectivity index (χ0) is 13.1. The van der Waals surface area contributed by atoms with Crippen LogP contribution in [0.25, 0.3) is 0 Å². The molecular weight excluding hydrogens is 236 g/mol. The molecule has 2 heteroatoms. The van der Waals surface area contributed by atoms with Gasteiger partial charge >= 0.3 is 0 Å². The van der Waals surface area contributed by atoms with Gasteiger partial charge in [-0.2, -0.15) is 0 Å². The van der Waals surface area contributed by atoms with E-state index in [2.05, 4.69) is 36.9 Å². The maximum atomic E-state index is 6.18. The van der Waals surface area contributed by atoms with E-state index < -0.39 is 0 Å². The van der Waals surface area contributed by atoms with Gasteiger partial charge < -0.3 is 9.47 Å². The minimum absolute atomic E-state index is 0.108. The van der Waals surface area contributed by atoms with Crippen molar-refractivity contribution in [2.75, 3.05) is 6.61 Å². The first-order valence-corrected chi connectivity index (χ1v) is 7.31. The predicted octanol–water partition coefficient (Wildman–Crippen LogP) is 4.03. The minimum Gasteiger partial charge on any atom is -0.350 e. The molecule has 0 aliphatic carbocycles. The molecule has 0 saturated carbocycles. The lowest BCUT2D eigenvalue weighted by atomic mass is 9.82. The molecule has 3 rings (SSSR count). The van der Waals surface area contributed by atoms with Crippen molar-refractivity contribution in [3.8, 4) is 0 Å². The maximum absolute atomic E-state index is 6.18. The molecule has 0 bridgehead atoms. The summed E-state index contributed by atoms with van der Waals surface area (Å²) >= 11 is 0. The molecule has 2 fully saturated rings. The topological polar surface area (TPSA) is 18.5 Å². The highest BCUT2D eigenvalue weighted by Crippen LogP contribution is 2.43. The molecule has 2 saturated heterocycles. The van der Waals surface area contributed by atoms with Crippen molar-refractivity contribution in [3.63, 3.8) is 0 Å². The Labute approximate surface area is 115 Å². The second kappa shape index (κ2) is 5.48. The first kappa shape index (κ1) is 12.9. The van der Waals surface area contributed by atoms with Gasteiger partial charge in [-0.3, -0.25) is 0 Å². The van der Waals surface area contributed by atoms with Gasteiger partial charge in [0.1, 0.15) is 0 Å². The second-order valence-electron chi connectivity index (χ2n) is 5.66. The fourth-order valence-electron chi connectivity index (χ4n) is 3.32. The van der Waals surface area contributed by atoms with E-state index in [1.165, 1.54) is 12.0 Å². The fourth-order valence-corrected chi connectivity index (χ4v) is 3.32. The van der Waals surface area contributed by atoms with Crippen LogP contribution in [-0.4, -0.2) is 18.5 Å². The van der Waals surface area contributed by atoms with E-state index in [4.69, 9.17) is 9.47 Å². The maximum Gasteiger partial charge on any atom is 0.169 e. The summed E-state index contributed by atoms with van der Waals surface area (Å²) in [7, 11) is 0. The Balaban J connectivity index is 1.83. The van der Waals surface area contributed by atoms with Crippen LogP contribution in [-0.2, 0) is 9.47 Å². The van der Waals surface area contributed by atoms with Crippen LogP contribution in [0.5, 0.6) is 0 Å². The highest BCUT2D eigenvalue weighted by molar-refractivity contribution is 5.21. The second-order valence-corrected chi connectivity index (χ2v) is 5.66. The van der Waals surface area contributed by atoms with Crippen molar-refractivity contribution in [2.45, 2.75) is 49.9 Å². The van der Waals surface area contributed by atoms with E-state index in [1.54, 1.807) is 0 Å². The monoisotopic (exact) mass is 258 g/mol. The van der Waals surface area contributed by atoms with Crippen LogP contribution in [0.15, 0.2) is 43.0 Å². The molecule has 0 amide bonds. The highest BCUT2D eigenvalue weighted by atomic mass is 16.7. The third-order valence-corrected chi connectivity index (χ3v) is 4.29. The van der Waals surface area contributed by atoms with Gasteiger partial charge in [0, 0.05) is 12.8 Å². The van der Waals surface area contributed by atoms with Crippen molar-refractivity contribution in [3.05, 3.63) is 48.6 Å². The van der Waals surface area contributed by atoms with Crippen LogP contribution in [0.2, 0.25) is 0 Å². The largest absolute Gasteiger partial charge is 0.350 e. The molecule has 1 spiro atoms. The van der Waals surface area contributed by atoms with Crippen LogP contribution in [0, 0.1) is 0 Å². The quantitative estimate of drug-likeness (QED) is 0.746. The van der Waals surface area contributed by atoms with Crippen molar-refractivity contribution in [1.82, 2.24) is 0 Å². The van der Waals surface area contributed by atoms with Crippen LogP contribution in [0.4, 0.5) is 0 Å². The molecule has 19 heavy (non-hydrogen) atoms. The van der Waals surface area contributed by atoms with Gasteiger partial charge in [0.15, 0.2) is 5.79 Å². The van der Waals surface area contributed by atoms with E-state index in [1.807, 2.05) is 6.08 Å². The summed E-state index contributed by atoms with van der Waals surface area (Å²) in [5.41, 5.74) is 1.39. The number of ether oxygens (including phenoxy) is 2. The van der Waals surface area contributed by atoms with Gasteiger partial charge in [-0.15, -0.1) is 6.58 Å². The predicted molar refractivity (Wildman–Crippen MR) is 76.0 cm³/mol. The molecule has 3 atom stereocenters. The lowest BCUT2D eigenvalue weighted by Crippen LogP contribution is -2.47. The molecular formula is C17H22O2. The molecule has 2 aliphatic rings. The summed E-state index contributed by atoms with van der Waals surface area (Å²) in [6, 6.07) is 10.7. The Bertz CT molecular complexity index is 420. The number of hydrogen-bond acceptors (Lipinski definition) is 2. The van der Waals surface area contributed by atoms with Crippen LogP contribution in [0.3, 0.4) is 0 Å². The number of hydrogen-bond donors (Lipinski definition) is 0. The van der Waals surface area contributed by atoms with Gasteiger partial charge in [-0.25, -0.2) is 0 Å². The van der Waals surface area contributed by atoms with E-state index in [9.17, 15) is 0 Å². The summed E-state index contributed by atoms with van der Waals surface area (Å²) in [4.78, 5) is 0. The van der Waals surface area contributed by atoms with Crippen molar-refractivity contribution >= 4 is 0 Å². The minimum atomic E-state index is -0.365. The summed E-state index contributed by atoms with van der Waals surface area (Å²) in [6.45, 7) is 4.73. The lowest BCUT2D eigenvalue weighted by Gasteiger charge is -2.45. The van der Waals surface area contributed by atoms with Gasteiger partial charge in [-0.05, 0) is 30.7 Å². The summed E-state index contributed by atoms with van der Waals surface area (Å²) < 4.78 is 12.2. The van der Waals surface area contributed by atoms with Gasteiger partial charge in [0.05, 0.1) is 12.7 Å². The van der Waals surface area contributed by atoms with Crippen molar-refractivity contribution in [1.29, 1.82) is 0 Å². The first-order valence-electron chi connectivity index (χ1n) is 7.31. The SMILES string of the molecule is C=C[C@H]1C[C@@H](c2ccccc2)C[C@]2(CCCCO2)O1. The van der Waals surface area contributed by atoms with Gasteiger partial charge in [0.25, 0.3) is 0 Å². The Hall–Kier alpha value is -1.12. The Morgan fingerprint density at radius 1 is 1.21 bits per heavy atom. The smallest absolute Gasteiger partial charge is 0.169 e. The Morgan fingerprint density at radius 3 is 2.74 bits per heavy atom. The van der Waals surface area contributed by atoms with Crippen LogP contribution < -0.4 is 0 Å². The van der Waals surface area contributed by atoms with Gasteiger partial charge in [-0.1, -0.05) is 36.4 Å². The van der Waals surface area contributed by atoms with E-state index in [0.29, 0.717) is 5.92 Å². The first-order chi connectivity index (χ1) is 9.31. The molecule has 2 nitrogen and oxygen atoms in total. The standard InChI is InChI=1S/C17H22O2/c1-2-16-12-15(14-8-4-3-5-9-14)13-17(19-16)10-6-7-11-18-17/h2-5,8-9,15-16H,1,6-7,10-13H2/t15-,16+,17+/m1/s1. The molecule has 2 heterocycles. The van der Waals surface area contributed by atoms with Crippen LogP contribution >= 0.6 is 0 Å². The Kier molecular flexibility index (Phi) is 3.72. The zero-order valence-electron chi connectivity index (χ0n) is 11.4. The van der Waals surface area contributed by atoms with Crippen molar-refractivity contribution < 1.29 is 9.47 Å². The average Bonchev–Trinajstić information content (AvgIpc) is 2.48. The van der Waals surface area contributed by atoms with Crippen molar-refractivity contribution in [2.24, 2.45) is 0 Å². The van der Waals surface area contributed by atoms with E-state index in [0.717, 1.165) is 32.3 Å². The molecule has 0 N–H and O–H groups in total. The van der Waals surface area contributed by atoms with Crippen LogP contribution in [0.1, 0.15) is 43.6 Å². The molecule has 0 unspecified atom stereocenters. The summed E-state index contributed by atoms with van der Waals surface area (Å²) in [5, 5.41) is 0. The molecule has 1 aromatic rings. The van der Waals surface area contributed by atoms with E-state index >= 15 is 0 Å². The molecule has 0 radical (unpaired) electrons. The number of rotatable bonds is 2. The molecule has 102 valence electrons. The normalized spacial score (nSPS) is 35.2. The zero-order valence-corrected chi connectivity index (χ0v) is 11.4. The molecule has 1 aromatic carbocycles. The average molecular weight is 258 g/mol. The third kappa shape index (κ3) is 2.75.